The maximum atomic E-state index is 5.30. The summed E-state index contributed by atoms with van der Waals surface area (Å²) in [6, 6.07) is 0. The first kappa shape index (κ1) is 8.57. The molecule has 0 saturated heterocycles. The zero-order chi connectivity index (χ0) is 8.10. The molecule has 0 atom stereocenters. The van der Waals surface area contributed by atoms with Gasteiger partial charge in [0.2, 0.25) is 0 Å². The molecule has 1 rings (SSSR count). The van der Waals surface area contributed by atoms with Crippen LogP contribution in [0.15, 0.2) is 5.10 Å². The van der Waals surface area contributed by atoms with E-state index in [1.165, 1.54) is 37.8 Å². The second-order valence-corrected chi connectivity index (χ2v) is 3.31. The SMILES string of the molecule is CC/C(=N/N)C1CCCCC1. The quantitative estimate of drug-likeness (QED) is 0.370. The molecule has 0 heterocycles. The summed E-state index contributed by atoms with van der Waals surface area (Å²) >= 11 is 0. The monoisotopic (exact) mass is 154 g/mol. The number of hydrogen-bond acceptors (Lipinski definition) is 2. The number of nitrogens with zero attached hydrogens (tertiary/aromatic N) is 1. The molecule has 0 bridgehead atoms. The second-order valence-electron chi connectivity index (χ2n) is 3.31. The smallest absolute Gasteiger partial charge is 0.0404 e. The predicted octanol–water partition coefficient (Wildman–Crippen LogP) is 2.29. The van der Waals surface area contributed by atoms with Crippen molar-refractivity contribution in [3.8, 4) is 0 Å². The van der Waals surface area contributed by atoms with Crippen molar-refractivity contribution in [3.63, 3.8) is 0 Å². The summed E-state index contributed by atoms with van der Waals surface area (Å²) < 4.78 is 0. The van der Waals surface area contributed by atoms with E-state index < -0.39 is 0 Å². The van der Waals surface area contributed by atoms with Gasteiger partial charge in [-0.1, -0.05) is 26.2 Å². The Morgan fingerprint density at radius 1 is 1.36 bits per heavy atom. The molecule has 1 fully saturated rings. The molecule has 0 radical (unpaired) electrons. The fraction of sp³-hybridized carbons (Fsp3) is 0.889. The minimum atomic E-state index is 0.707. The van der Waals surface area contributed by atoms with Crippen LogP contribution in [0.5, 0.6) is 0 Å². The van der Waals surface area contributed by atoms with Gasteiger partial charge in [-0.3, -0.25) is 0 Å². The Morgan fingerprint density at radius 2 is 2.00 bits per heavy atom. The molecule has 11 heavy (non-hydrogen) atoms. The lowest BCUT2D eigenvalue weighted by Gasteiger charge is -2.21. The van der Waals surface area contributed by atoms with E-state index >= 15 is 0 Å². The van der Waals surface area contributed by atoms with Crippen LogP contribution in [0.2, 0.25) is 0 Å². The summed E-state index contributed by atoms with van der Waals surface area (Å²) in [5.41, 5.74) is 1.23. The molecule has 1 aliphatic carbocycles. The van der Waals surface area contributed by atoms with Crippen LogP contribution in [-0.4, -0.2) is 5.71 Å². The molecule has 2 heteroatoms. The second kappa shape index (κ2) is 4.37. The highest BCUT2D eigenvalue weighted by Crippen LogP contribution is 2.25. The Labute approximate surface area is 68.9 Å². The largest absolute Gasteiger partial charge is 0.323 e. The van der Waals surface area contributed by atoms with Crippen molar-refractivity contribution < 1.29 is 0 Å². The van der Waals surface area contributed by atoms with Gasteiger partial charge in [-0.25, -0.2) is 0 Å². The summed E-state index contributed by atoms with van der Waals surface area (Å²) in [7, 11) is 0. The summed E-state index contributed by atoms with van der Waals surface area (Å²) in [4.78, 5) is 0. The molecule has 0 aromatic carbocycles. The Bertz CT molecular complexity index is 134. The third-order valence-corrected chi connectivity index (χ3v) is 2.60. The van der Waals surface area contributed by atoms with Gasteiger partial charge in [0.25, 0.3) is 0 Å². The van der Waals surface area contributed by atoms with E-state index in [0.717, 1.165) is 6.42 Å². The molecule has 0 aliphatic heterocycles. The van der Waals surface area contributed by atoms with Crippen molar-refractivity contribution in [2.45, 2.75) is 45.4 Å². The van der Waals surface area contributed by atoms with E-state index in [9.17, 15) is 0 Å². The average Bonchev–Trinajstić information content (AvgIpc) is 2.09. The van der Waals surface area contributed by atoms with Crippen LogP contribution in [0.25, 0.3) is 0 Å². The predicted molar refractivity (Wildman–Crippen MR) is 48.5 cm³/mol. The molecule has 0 spiro atoms. The van der Waals surface area contributed by atoms with Gasteiger partial charge < -0.3 is 5.84 Å². The van der Waals surface area contributed by atoms with Crippen molar-refractivity contribution in [1.82, 2.24) is 0 Å². The third-order valence-electron chi connectivity index (χ3n) is 2.60. The van der Waals surface area contributed by atoms with Gasteiger partial charge in [-0.15, -0.1) is 0 Å². The van der Waals surface area contributed by atoms with Crippen molar-refractivity contribution in [2.24, 2.45) is 16.9 Å². The first-order chi connectivity index (χ1) is 5.38. The fourth-order valence-corrected chi connectivity index (χ4v) is 1.92. The highest BCUT2D eigenvalue weighted by atomic mass is 15.1. The van der Waals surface area contributed by atoms with Crippen LogP contribution in [-0.2, 0) is 0 Å². The van der Waals surface area contributed by atoms with Gasteiger partial charge >= 0.3 is 0 Å². The number of hydrogen-bond donors (Lipinski definition) is 1. The van der Waals surface area contributed by atoms with Crippen LogP contribution in [0, 0.1) is 5.92 Å². The maximum Gasteiger partial charge on any atom is 0.0404 e. The van der Waals surface area contributed by atoms with Crippen LogP contribution in [0.4, 0.5) is 0 Å². The molecule has 0 amide bonds. The molecule has 2 nitrogen and oxygen atoms in total. The lowest BCUT2D eigenvalue weighted by molar-refractivity contribution is 0.435. The molecular formula is C9H18N2. The first-order valence-electron chi connectivity index (χ1n) is 4.65. The van der Waals surface area contributed by atoms with Crippen LogP contribution >= 0.6 is 0 Å². The molecule has 0 unspecified atom stereocenters. The first-order valence-corrected chi connectivity index (χ1v) is 4.65. The normalized spacial score (nSPS) is 22.1. The standard InChI is InChI=1S/C9H18N2/c1-2-9(11-10)8-6-4-3-5-7-8/h8H,2-7,10H2,1H3/b11-9-. The number of nitrogens with two attached hydrogens (primary N) is 1. The molecule has 64 valence electrons. The average molecular weight is 154 g/mol. The molecular weight excluding hydrogens is 136 g/mol. The molecule has 2 N–H and O–H groups in total. The molecule has 0 aromatic heterocycles. The van der Waals surface area contributed by atoms with E-state index in [2.05, 4.69) is 12.0 Å². The summed E-state index contributed by atoms with van der Waals surface area (Å²) in [6.07, 6.45) is 7.78. The van der Waals surface area contributed by atoms with Crippen molar-refractivity contribution in [3.05, 3.63) is 0 Å². The van der Waals surface area contributed by atoms with E-state index in [4.69, 9.17) is 5.84 Å². The van der Waals surface area contributed by atoms with E-state index in [1.54, 1.807) is 0 Å². The topological polar surface area (TPSA) is 38.4 Å². The van der Waals surface area contributed by atoms with Gasteiger partial charge in [-0.05, 0) is 25.2 Å². The summed E-state index contributed by atoms with van der Waals surface area (Å²) in [6.45, 7) is 2.14. The fourth-order valence-electron chi connectivity index (χ4n) is 1.92. The van der Waals surface area contributed by atoms with Crippen molar-refractivity contribution >= 4 is 5.71 Å². The number of rotatable bonds is 2. The Morgan fingerprint density at radius 3 is 2.45 bits per heavy atom. The van der Waals surface area contributed by atoms with Crippen LogP contribution in [0.1, 0.15) is 45.4 Å². The molecule has 1 aliphatic rings. The molecule has 0 aromatic rings. The highest BCUT2D eigenvalue weighted by Gasteiger charge is 2.17. The third kappa shape index (κ3) is 2.21. The van der Waals surface area contributed by atoms with Gasteiger partial charge in [0, 0.05) is 5.71 Å². The maximum absolute atomic E-state index is 5.30. The van der Waals surface area contributed by atoms with E-state index in [-0.39, 0.29) is 0 Å². The van der Waals surface area contributed by atoms with Gasteiger partial charge in [0.05, 0.1) is 0 Å². The molecule has 1 saturated carbocycles. The minimum Gasteiger partial charge on any atom is -0.323 e. The van der Waals surface area contributed by atoms with Crippen molar-refractivity contribution in [2.75, 3.05) is 0 Å². The highest BCUT2D eigenvalue weighted by molar-refractivity contribution is 5.86. The lowest BCUT2D eigenvalue weighted by Crippen LogP contribution is -2.18. The van der Waals surface area contributed by atoms with Crippen molar-refractivity contribution in [1.29, 1.82) is 0 Å². The zero-order valence-corrected chi connectivity index (χ0v) is 7.34. The van der Waals surface area contributed by atoms with Crippen LogP contribution < -0.4 is 5.84 Å². The Kier molecular flexibility index (Phi) is 3.40. The van der Waals surface area contributed by atoms with Gasteiger partial charge in [0.15, 0.2) is 0 Å². The van der Waals surface area contributed by atoms with E-state index in [0.29, 0.717) is 5.92 Å². The van der Waals surface area contributed by atoms with E-state index in [1.807, 2.05) is 0 Å². The van der Waals surface area contributed by atoms with Gasteiger partial charge in [-0.2, -0.15) is 5.10 Å². The lowest BCUT2D eigenvalue weighted by atomic mass is 9.85. The van der Waals surface area contributed by atoms with Gasteiger partial charge in [0.1, 0.15) is 0 Å². The summed E-state index contributed by atoms with van der Waals surface area (Å²) in [5, 5.41) is 3.85. The number of hydrazone groups is 1. The minimum absolute atomic E-state index is 0.707. The zero-order valence-electron chi connectivity index (χ0n) is 7.34. The Balaban J connectivity index is 2.43. The Hall–Kier alpha value is -0.530. The van der Waals surface area contributed by atoms with Crippen LogP contribution in [0.3, 0.4) is 0 Å². The summed E-state index contributed by atoms with van der Waals surface area (Å²) in [5.74, 6) is 6.01.